The van der Waals surface area contributed by atoms with Gasteiger partial charge in [0.15, 0.2) is 0 Å². The predicted molar refractivity (Wildman–Crippen MR) is 81.8 cm³/mol. The van der Waals surface area contributed by atoms with Gasteiger partial charge in [-0.2, -0.15) is 0 Å². The number of nitrogens with zero attached hydrogens (tertiary/aromatic N) is 1. The normalized spacial score (nSPS) is 13.4. The van der Waals surface area contributed by atoms with Crippen molar-refractivity contribution in [3.63, 3.8) is 0 Å². The molecule has 0 saturated heterocycles. The molecule has 19 heavy (non-hydrogen) atoms. The van der Waals surface area contributed by atoms with Gasteiger partial charge in [0.2, 0.25) is 0 Å². The minimum atomic E-state index is 0.562. The van der Waals surface area contributed by atoms with Gasteiger partial charge in [-0.25, -0.2) is 0 Å². The highest BCUT2D eigenvalue weighted by atomic mass is 16.5. The Labute approximate surface area is 119 Å². The molecule has 0 aromatic rings. The van der Waals surface area contributed by atoms with Gasteiger partial charge in [-0.3, -0.25) is 4.90 Å². The zero-order chi connectivity index (χ0) is 14.5. The summed E-state index contributed by atoms with van der Waals surface area (Å²) in [6.07, 6.45) is 1.16. The summed E-state index contributed by atoms with van der Waals surface area (Å²) in [6, 6.07) is 1.12. The Balaban J connectivity index is 3.96. The highest BCUT2D eigenvalue weighted by Crippen LogP contribution is 2.03. The summed E-state index contributed by atoms with van der Waals surface area (Å²) in [6.45, 7) is 17.0. The molecule has 0 radical (unpaired) electrons. The Morgan fingerprint density at radius 1 is 0.947 bits per heavy atom. The Kier molecular flexibility index (Phi) is 12.7. The third kappa shape index (κ3) is 11.4. The Morgan fingerprint density at radius 3 is 1.89 bits per heavy atom. The van der Waals surface area contributed by atoms with Crippen LogP contribution in [0, 0.1) is 0 Å². The Morgan fingerprint density at radius 2 is 1.47 bits per heavy atom. The lowest BCUT2D eigenvalue weighted by molar-refractivity contribution is 0.0644. The van der Waals surface area contributed by atoms with Crippen LogP contribution in [0.15, 0.2) is 0 Å². The third-order valence-corrected chi connectivity index (χ3v) is 3.19. The molecular weight excluding hydrogens is 240 g/mol. The van der Waals surface area contributed by atoms with Crippen LogP contribution >= 0.6 is 0 Å². The van der Waals surface area contributed by atoms with Gasteiger partial charge in [0.25, 0.3) is 0 Å². The summed E-state index contributed by atoms with van der Waals surface area (Å²) < 4.78 is 10.9. The number of hydrogen-bond donors (Lipinski definition) is 1. The molecule has 0 rings (SSSR count). The van der Waals surface area contributed by atoms with E-state index < -0.39 is 0 Å². The van der Waals surface area contributed by atoms with E-state index in [1.165, 1.54) is 0 Å². The van der Waals surface area contributed by atoms with Crippen molar-refractivity contribution in [2.75, 3.05) is 46.1 Å². The van der Waals surface area contributed by atoms with Gasteiger partial charge < -0.3 is 14.8 Å². The van der Waals surface area contributed by atoms with Gasteiger partial charge in [-0.15, -0.1) is 0 Å². The average Bonchev–Trinajstić information content (AvgIpc) is 2.36. The van der Waals surface area contributed by atoms with Crippen molar-refractivity contribution >= 4 is 0 Å². The molecule has 0 saturated carbocycles. The van der Waals surface area contributed by atoms with Gasteiger partial charge in [-0.05, 0) is 33.7 Å². The Hall–Kier alpha value is -0.160. The number of hydrogen-bond acceptors (Lipinski definition) is 4. The van der Waals surface area contributed by atoms with Crippen LogP contribution in [-0.4, -0.2) is 63.0 Å². The second-order valence-electron chi connectivity index (χ2n) is 5.18. The van der Waals surface area contributed by atoms with Crippen LogP contribution < -0.4 is 5.32 Å². The fourth-order valence-electron chi connectivity index (χ4n) is 1.97. The first-order valence-corrected chi connectivity index (χ1v) is 7.74. The fourth-order valence-corrected chi connectivity index (χ4v) is 1.97. The summed E-state index contributed by atoms with van der Waals surface area (Å²) in [4.78, 5) is 2.47. The van der Waals surface area contributed by atoms with E-state index in [-0.39, 0.29) is 0 Å². The lowest BCUT2D eigenvalue weighted by Crippen LogP contribution is -2.40. The van der Waals surface area contributed by atoms with Crippen LogP contribution in [0.3, 0.4) is 0 Å². The second-order valence-corrected chi connectivity index (χ2v) is 5.18. The zero-order valence-corrected chi connectivity index (χ0v) is 13.6. The lowest BCUT2D eigenvalue weighted by atomic mass is 10.2. The van der Waals surface area contributed by atoms with E-state index in [2.05, 4.69) is 31.0 Å². The quantitative estimate of drug-likeness (QED) is 0.522. The average molecular weight is 274 g/mol. The maximum absolute atomic E-state index is 5.47. The molecule has 4 nitrogen and oxygen atoms in total. The SMILES string of the molecule is CCOCCN(CCOCC)C(C)CCNC(C)C. The molecule has 0 aliphatic carbocycles. The van der Waals surface area contributed by atoms with Gasteiger partial charge in [0.1, 0.15) is 0 Å². The zero-order valence-electron chi connectivity index (χ0n) is 13.6. The molecule has 0 heterocycles. The molecule has 0 aliphatic rings. The smallest absolute Gasteiger partial charge is 0.0593 e. The van der Waals surface area contributed by atoms with Crippen LogP contribution in [-0.2, 0) is 9.47 Å². The molecule has 4 heteroatoms. The van der Waals surface area contributed by atoms with Crippen molar-refractivity contribution in [3.05, 3.63) is 0 Å². The van der Waals surface area contributed by atoms with Crippen molar-refractivity contribution < 1.29 is 9.47 Å². The van der Waals surface area contributed by atoms with E-state index in [1.54, 1.807) is 0 Å². The molecule has 0 aromatic heterocycles. The van der Waals surface area contributed by atoms with E-state index in [4.69, 9.17) is 9.47 Å². The lowest BCUT2D eigenvalue weighted by Gasteiger charge is -2.29. The molecule has 0 amide bonds. The van der Waals surface area contributed by atoms with E-state index in [9.17, 15) is 0 Å². The highest BCUT2D eigenvalue weighted by Gasteiger charge is 2.13. The van der Waals surface area contributed by atoms with Gasteiger partial charge in [0, 0.05) is 38.4 Å². The van der Waals surface area contributed by atoms with Crippen molar-refractivity contribution in [2.45, 2.75) is 53.1 Å². The summed E-state index contributed by atoms with van der Waals surface area (Å²) in [5.74, 6) is 0. The molecule has 0 fully saturated rings. The minimum absolute atomic E-state index is 0.562. The summed E-state index contributed by atoms with van der Waals surface area (Å²) >= 11 is 0. The van der Waals surface area contributed by atoms with Crippen LogP contribution in [0.1, 0.15) is 41.0 Å². The summed E-state index contributed by atoms with van der Waals surface area (Å²) in [5, 5.41) is 3.48. The van der Waals surface area contributed by atoms with Crippen molar-refractivity contribution in [1.29, 1.82) is 0 Å². The minimum Gasteiger partial charge on any atom is -0.380 e. The Bertz CT molecular complexity index is 179. The van der Waals surface area contributed by atoms with Crippen LogP contribution in [0.25, 0.3) is 0 Å². The maximum Gasteiger partial charge on any atom is 0.0593 e. The molecule has 0 bridgehead atoms. The molecule has 1 atom stereocenters. The van der Waals surface area contributed by atoms with Crippen molar-refractivity contribution in [3.8, 4) is 0 Å². The first-order chi connectivity index (χ1) is 9.11. The first kappa shape index (κ1) is 18.8. The fraction of sp³-hybridized carbons (Fsp3) is 1.00. The van der Waals surface area contributed by atoms with Crippen molar-refractivity contribution in [1.82, 2.24) is 10.2 Å². The number of ether oxygens (including phenoxy) is 2. The second kappa shape index (κ2) is 12.9. The van der Waals surface area contributed by atoms with E-state index in [0.29, 0.717) is 12.1 Å². The van der Waals surface area contributed by atoms with Gasteiger partial charge in [0.05, 0.1) is 13.2 Å². The molecule has 0 aromatic carbocycles. The third-order valence-electron chi connectivity index (χ3n) is 3.19. The maximum atomic E-state index is 5.47. The predicted octanol–water partition coefficient (Wildman–Crippen LogP) is 2.14. The number of rotatable bonds is 13. The molecule has 0 aliphatic heterocycles. The van der Waals surface area contributed by atoms with Crippen LogP contribution in [0.5, 0.6) is 0 Å². The van der Waals surface area contributed by atoms with E-state index in [1.807, 2.05) is 13.8 Å². The highest BCUT2D eigenvalue weighted by molar-refractivity contribution is 4.69. The van der Waals surface area contributed by atoms with E-state index >= 15 is 0 Å². The molecular formula is C15H34N2O2. The summed E-state index contributed by atoms with van der Waals surface area (Å²) in [5.41, 5.74) is 0. The molecule has 1 unspecified atom stereocenters. The molecule has 1 N–H and O–H groups in total. The number of nitrogens with one attached hydrogen (secondary N) is 1. The van der Waals surface area contributed by atoms with Crippen molar-refractivity contribution in [2.24, 2.45) is 0 Å². The van der Waals surface area contributed by atoms with Crippen LogP contribution in [0.2, 0.25) is 0 Å². The van der Waals surface area contributed by atoms with E-state index in [0.717, 1.165) is 52.5 Å². The molecule has 0 spiro atoms. The van der Waals surface area contributed by atoms with Crippen LogP contribution in [0.4, 0.5) is 0 Å². The molecule has 116 valence electrons. The topological polar surface area (TPSA) is 33.7 Å². The van der Waals surface area contributed by atoms with Gasteiger partial charge in [-0.1, -0.05) is 13.8 Å². The first-order valence-electron chi connectivity index (χ1n) is 7.74. The monoisotopic (exact) mass is 274 g/mol. The van der Waals surface area contributed by atoms with Gasteiger partial charge >= 0.3 is 0 Å². The largest absolute Gasteiger partial charge is 0.380 e. The summed E-state index contributed by atoms with van der Waals surface area (Å²) in [7, 11) is 0. The standard InChI is InChI=1S/C15H34N2O2/c1-6-18-12-10-17(11-13-19-7-2)15(5)8-9-16-14(3)4/h14-16H,6-13H2,1-5H3.